The molecule has 2 aromatic carbocycles. The Hall–Kier alpha value is -3.27. The molecule has 15 heteroatoms. The number of halogens is 3. The number of nitrogens with zero attached hydrogens (tertiary/aromatic N) is 1. The minimum Gasteiger partial charge on any atom is -0.462 e. The largest absolute Gasteiger partial charge is 0.462 e. The van der Waals surface area contributed by atoms with Gasteiger partial charge in [0.25, 0.3) is 6.47 Å². The van der Waals surface area contributed by atoms with Crippen molar-refractivity contribution in [2.75, 3.05) is 31.9 Å². The summed E-state index contributed by atoms with van der Waals surface area (Å²) in [6, 6.07) is 9.41. The van der Waals surface area contributed by atoms with Gasteiger partial charge in [-0.3, -0.25) is 9.59 Å². The molecule has 2 saturated heterocycles. The molecule has 2 fully saturated rings. The first-order valence-corrected chi connectivity index (χ1v) is 18.8. The lowest BCUT2D eigenvalue weighted by Crippen LogP contribution is -2.47. The number of alkyl halides is 3. The van der Waals surface area contributed by atoms with E-state index in [4.69, 9.17) is 0 Å². The summed E-state index contributed by atoms with van der Waals surface area (Å²) < 4.78 is 99.3. The van der Waals surface area contributed by atoms with Crippen LogP contribution in [0.5, 0.6) is 0 Å². The highest BCUT2D eigenvalue weighted by molar-refractivity contribution is 7.91. The van der Waals surface area contributed by atoms with Crippen LogP contribution in [0, 0.1) is 5.92 Å². The molecule has 0 radical (unpaired) electrons. The predicted octanol–water partition coefficient (Wildman–Crippen LogP) is 4.81. The van der Waals surface area contributed by atoms with E-state index in [1.807, 2.05) is 20.8 Å². The summed E-state index contributed by atoms with van der Waals surface area (Å²) in [6.45, 7) is 8.61. The smallest absolute Gasteiger partial charge is 0.416 e. The van der Waals surface area contributed by atoms with Gasteiger partial charge in [0.2, 0.25) is 25.8 Å². The highest BCUT2D eigenvalue weighted by atomic mass is 32.2. The predicted molar refractivity (Wildman–Crippen MR) is 176 cm³/mol. The maximum atomic E-state index is 13.6. The maximum Gasteiger partial charge on any atom is 0.416 e. The summed E-state index contributed by atoms with van der Waals surface area (Å²) in [5, 5.41) is 3.27. The highest BCUT2D eigenvalue weighted by Crippen LogP contribution is 2.35. The van der Waals surface area contributed by atoms with Crippen LogP contribution in [0.1, 0.15) is 64.0 Å². The van der Waals surface area contributed by atoms with E-state index < -0.39 is 42.9 Å². The van der Waals surface area contributed by atoms with Crippen molar-refractivity contribution in [1.82, 2.24) is 14.9 Å². The molecule has 0 aliphatic carbocycles. The van der Waals surface area contributed by atoms with Gasteiger partial charge in [0.1, 0.15) is 5.60 Å². The number of benzene rings is 2. The van der Waals surface area contributed by atoms with Crippen molar-refractivity contribution in [1.29, 1.82) is 0 Å². The second kappa shape index (κ2) is 16.9. The van der Waals surface area contributed by atoms with Gasteiger partial charge in [0.15, 0.2) is 0 Å². The van der Waals surface area contributed by atoms with Gasteiger partial charge < -0.3 is 15.0 Å². The molecule has 48 heavy (non-hydrogen) atoms. The molecule has 0 saturated carbocycles. The fraction of sp³-hybridized carbons (Fsp3) is 0.515. The third kappa shape index (κ3) is 12.3. The Labute approximate surface area is 281 Å². The van der Waals surface area contributed by atoms with Crippen LogP contribution in [-0.4, -0.2) is 77.7 Å². The molecule has 2 aliphatic heterocycles. The lowest BCUT2D eigenvalue weighted by Gasteiger charge is -2.33. The molecule has 2 aliphatic rings. The number of sulfonamides is 1. The molecule has 2 heterocycles. The van der Waals surface area contributed by atoms with Gasteiger partial charge in [-0.15, -0.1) is 0 Å². The van der Waals surface area contributed by atoms with E-state index in [9.17, 15) is 39.6 Å². The van der Waals surface area contributed by atoms with Gasteiger partial charge in [0, 0.05) is 25.6 Å². The lowest BCUT2D eigenvalue weighted by molar-refractivity contribution is -0.139. The Kier molecular flexibility index (Phi) is 13.8. The van der Waals surface area contributed by atoms with Crippen molar-refractivity contribution in [3.05, 3.63) is 65.7 Å². The highest BCUT2D eigenvalue weighted by Gasteiger charge is 2.34. The molecule has 266 valence electrons. The average molecular weight is 716 g/mol. The summed E-state index contributed by atoms with van der Waals surface area (Å²) in [5.41, 5.74) is -1.85. The quantitative estimate of drug-likeness (QED) is 0.335. The Morgan fingerprint density at radius 3 is 2.12 bits per heavy atom. The number of carbonyl (C=O) groups excluding carboxylic acids is 2. The molecule has 0 bridgehead atoms. The van der Waals surface area contributed by atoms with Gasteiger partial charge in [0.05, 0.1) is 21.1 Å². The summed E-state index contributed by atoms with van der Waals surface area (Å²) in [6.07, 6.45) is 0.594. The zero-order chi connectivity index (χ0) is 35.6. The molecule has 1 amide bonds. The minimum absolute atomic E-state index is 0.0690. The third-order valence-corrected chi connectivity index (χ3v) is 10.9. The van der Waals surface area contributed by atoms with E-state index in [1.165, 1.54) is 24.3 Å². The number of hydrogen-bond acceptors (Lipinski definition) is 8. The molecule has 0 aromatic heterocycles. The van der Waals surface area contributed by atoms with Crippen LogP contribution in [0.25, 0.3) is 6.08 Å². The zero-order valence-corrected chi connectivity index (χ0v) is 29.0. The standard InChI is InChI=1S/C28H34F3N3O5S2.C5H10O2/c29-28(30,31)26-9-8-25(41(38,39)24-6-2-1-3-7-24)20-22(26)5-4-18-40(36,37)33-23-12-16-34(17-13-23)27(35)19-21-10-14-32-15-11-21;1-5(2,3)7-4-6/h1-9,20-21,23,32-33H,10-19H2;4H,1-3H3. The van der Waals surface area contributed by atoms with Crippen LogP contribution in [0.4, 0.5) is 13.2 Å². The van der Waals surface area contributed by atoms with Crippen molar-refractivity contribution in [3.8, 4) is 0 Å². The molecule has 2 aromatic rings. The van der Waals surface area contributed by atoms with Crippen molar-refractivity contribution >= 4 is 38.3 Å². The molecule has 10 nitrogen and oxygen atoms in total. The fourth-order valence-corrected chi connectivity index (χ4v) is 7.80. The Morgan fingerprint density at radius 1 is 0.958 bits per heavy atom. The normalized spacial score (nSPS) is 17.1. The zero-order valence-electron chi connectivity index (χ0n) is 27.3. The summed E-state index contributed by atoms with van der Waals surface area (Å²) in [7, 11) is -7.97. The van der Waals surface area contributed by atoms with E-state index in [0.29, 0.717) is 50.8 Å². The molecular weight excluding hydrogens is 672 g/mol. The van der Waals surface area contributed by atoms with Crippen LogP contribution < -0.4 is 10.0 Å². The minimum atomic E-state index is -4.77. The number of hydrogen-bond donors (Lipinski definition) is 2. The van der Waals surface area contributed by atoms with Gasteiger partial charge >= 0.3 is 6.18 Å². The van der Waals surface area contributed by atoms with E-state index >= 15 is 0 Å². The monoisotopic (exact) mass is 715 g/mol. The number of ether oxygens (including phenoxy) is 1. The number of likely N-dealkylation sites (tertiary alicyclic amines) is 1. The Morgan fingerprint density at radius 2 is 1.58 bits per heavy atom. The first kappa shape index (κ1) is 39.2. The lowest BCUT2D eigenvalue weighted by atomic mass is 9.93. The van der Waals surface area contributed by atoms with Crippen LogP contribution in [-0.2, 0) is 40.4 Å². The number of sulfone groups is 1. The SMILES string of the molecule is CC(C)(C)OC=O.O=C(CC1CCNCC1)N1CCC(NS(=O)(=O)CC=Cc2cc(S(=O)(=O)c3ccccc3)ccc2C(F)(F)F)CC1. The van der Waals surface area contributed by atoms with Crippen molar-refractivity contribution in [2.24, 2.45) is 5.92 Å². The number of carbonyl (C=O) groups is 2. The van der Waals surface area contributed by atoms with E-state index in [-0.39, 0.29) is 27.3 Å². The van der Waals surface area contributed by atoms with E-state index in [2.05, 4.69) is 14.8 Å². The number of nitrogens with one attached hydrogen (secondary N) is 2. The molecule has 0 unspecified atom stereocenters. The third-order valence-electron chi connectivity index (χ3n) is 7.82. The molecule has 4 rings (SSSR count). The van der Waals surface area contributed by atoms with Crippen molar-refractivity contribution in [3.63, 3.8) is 0 Å². The fourth-order valence-electron chi connectivity index (χ4n) is 5.30. The first-order valence-electron chi connectivity index (χ1n) is 15.7. The number of rotatable bonds is 10. The molecule has 2 N–H and O–H groups in total. The van der Waals surface area contributed by atoms with Crippen LogP contribution in [0.2, 0.25) is 0 Å². The summed E-state index contributed by atoms with van der Waals surface area (Å²) in [5.74, 6) is -0.142. The van der Waals surface area contributed by atoms with Crippen LogP contribution in [0.15, 0.2) is 64.4 Å². The summed E-state index contributed by atoms with van der Waals surface area (Å²) in [4.78, 5) is 23.6. The van der Waals surface area contributed by atoms with Crippen LogP contribution in [0.3, 0.4) is 0 Å². The second-order valence-electron chi connectivity index (χ2n) is 12.7. The van der Waals surface area contributed by atoms with Gasteiger partial charge in [-0.25, -0.2) is 21.6 Å². The van der Waals surface area contributed by atoms with Gasteiger partial charge in [-0.05, 0) is 101 Å². The van der Waals surface area contributed by atoms with Crippen molar-refractivity contribution < 1.29 is 44.3 Å². The van der Waals surface area contributed by atoms with Gasteiger partial charge in [-0.1, -0.05) is 30.4 Å². The number of piperidine rings is 2. The second-order valence-corrected chi connectivity index (χ2v) is 16.5. The topological polar surface area (TPSA) is 139 Å². The Bertz CT molecular complexity index is 1610. The Balaban J connectivity index is 0.000000804. The molecule has 0 spiro atoms. The van der Waals surface area contributed by atoms with E-state index in [1.54, 1.807) is 11.0 Å². The summed E-state index contributed by atoms with van der Waals surface area (Å²) >= 11 is 0. The van der Waals surface area contributed by atoms with Gasteiger partial charge in [-0.2, -0.15) is 13.2 Å². The van der Waals surface area contributed by atoms with Crippen molar-refractivity contribution in [2.45, 2.75) is 80.5 Å². The number of amides is 1. The average Bonchev–Trinajstić information content (AvgIpc) is 3.01. The van der Waals surface area contributed by atoms with E-state index in [0.717, 1.165) is 50.2 Å². The molecular formula is C33H44F3N3O7S2. The molecule has 0 atom stereocenters. The maximum absolute atomic E-state index is 13.6. The first-order chi connectivity index (χ1) is 22.4. The van der Waals surface area contributed by atoms with Crippen LogP contribution >= 0.6 is 0 Å².